The van der Waals surface area contributed by atoms with E-state index in [0.717, 1.165) is 0 Å². The van der Waals surface area contributed by atoms with Gasteiger partial charge in [-0.25, -0.2) is 9.59 Å². The highest BCUT2D eigenvalue weighted by molar-refractivity contribution is 5.85. The maximum Gasteiger partial charge on any atom is 0.329 e. The van der Waals surface area contributed by atoms with Gasteiger partial charge in [-0.2, -0.15) is 0 Å². The molecule has 0 radical (unpaired) electrons. The predicted octanol–water partition coefficient (Wildman–Crippen LogP) is 2.45. The fraction of sp³-hybridized carbons (Fsp3) is 0.571. The van der Waals surface area contributed by atoms with Gasteiger partial charge < -0.3 is 19.7 Å². The van der Waals surface area contributed by atoms with E-state index >= 15 is 0 Å². The number of aliphatic carboxylic acids is 1. The first-order valence-corrected chi connectivity index (χ1v) is 6.75. The Morgan fingerprint density at radius 2 is 2.15 bits per heavy atom. The topological polar surface area (TPSA) is 82.8 Å². The Bertz CT molecular complexity index is 444. The molecular formula is C14H22N2O4. The van der Waals surface area contributed by atoms with Gasteiger partial charge in [0.2, 0.25) is 0 Å². The van der Waals surface area contributed by atoms with E-state index in [1.807, 2.05) is 13.8 Å². The molecule has 0 fully saturated rings. The number of carboxylic acid groups (broad SMARTS) is 1. The van der Waals surface area contributed by atoms with Gasteiger partial charge >= 0.3 is 12.0 Å². The molecule has 1 aromatic heterocycles. The van der Waals surface area contributed by atoms with E-state index in [9.17, 15) is 14.7 Å². The van der Waals surface area contributed by atoms with Gasteiger partial charge in [-0.15, -0.1) is 0 Å². The van der Waals surface area contributed by atoms with Gasteiger partial charge in [0.15, 0.2) is 0 Å². The van der Waals surface area contributed by atoms with Crippen LogP contribution in [-0.2, 0) is 11.3 Å². The van der Waals surface area contributed by atoms with Gasteiger partial charge in [0, 0.05) is 6.54 Å². The molecule has 0 aliphatic rings. The smallest absolute Gasteiger partial charge is 0.329 e. The minimum atomic E-state index is -1.25. The largest absolute Gasteiger partial charge is 0.480 e. The number of carbonyl (C=O) groups is 2. The number of hydrogen-bond acceptors (Lipinski definition) is 3. The van der Waals surface area contributed by atoms with E-state index in [2.05, 4.69) is 5.32 Å². The number of urea groups is 1. The van der Waals surface area contributed by atoms with Crippen LogP contribution in [0.4, 0.5) is 4.79 Å². The average Bonchev–Trinajstić information content (AvgIpc) is 2.88. The molecule has 1 atom stereocenters. The highest BCUT2D eigenvalue weighted by Gasteiger charge is 2.35. The summed E-state index contributed by atoms with van der Waals surface area (Å²) in [5.41, 5.74) is -1.25. The standard InChI is InChI=1S/C14H22N2O4/c1-4-8-14(3,12(17)18)15-13(19)16(5-2)10-11-7-6-9-20-11/h6-7,9H,4-5,8,10H2,1-3H3,(H,15,19)(H,17,18). The lowest BCUT2D eigenvalue weighted by Crippen LogP contribution is -2.55. The summed E-state index contributed by atoms with van der Waals surface area (Å²) in [6, 6.07) is 3.13. The molecule has 0 spiro atoms. The number of nitrogens with one attached hydrogen (secondary N) is 1. The van der Waals surface area contributed by atoms with Crippen LogP contribution in [0, 0.1) is 0 Å². The second kappa shape index (κ2) is 6.98. The molecule has 112 valence electrons. The molecule has 6 nitrogen and oxygen atoms in total. The van der Waals surface area contributed by atoms with Crippen molar-refractivity contribution in [2.45, 2.75) is 45.7 Å². The lowest BCUT2D eigenvalue weighted by Gasteiger charge is -2.29. The van der Waals surface area contributed by atoms with Crippen LogP contribution in [0.2, 0.25) is 0 Å². The van der Waals surface area contributed by atoms with Crippen LogP contribution in [0.5, 0.6) is 0 Å². The molecular weight excluding hydrogens is 260 g/mol. The van der Waals surface area contributed by atoms with E-state index in [4.69, 9.17) is 4.42 Å². The minimum Gasteiger partial charge on any atom is -0.480 e. The second-order valence-corrected chi connectivity index (χ2v) is 4.91. The molecule has 0 aliphatic carbocycles. The zero-order valence-electron chi connectivity index (χ0n) is 12.2. The number of carboxylic acids is 1. The highest BCUT2D eigenvalue weighted by Crippen LogP contribution is 2.14. The molecule has 1 heterocycles. The summed E-state index contributed by atoms with van der Waals surface area (Å²) in [5.74, 6) is -0.365. The summed E-state index contributed by atoms with van der Waals surface area (Å²) in [4.78, 5) is 25.0. The number of hydrogen-bond donors (Lipinski definition) is 2. The average molecular weight is 282 g/mol. The van der Waals surface area contributed by atoms with E-state index < -0.39 is 17.5 Å². The zero-order valence-corrected chi connectivity index (χ0v) is 12.2. The van der Waals surface area contributed by atoms with Crippen molar-refractivity contribution in [1.82, 2.24) is 10.2 Å². The Labute approximate surface area is 118 Å². The summed E-state index contributed by atoms with van der Waals surface area (Å²) < 4.78 is 5.20. The molecule has 0 aliphatic heterocycles. The van der Waals surface area contributed by atoms with Crippen LogP contribution in [0.15, 0.2) is 22.8 Å². The van der Waals surface area contributed by atoms with Gasteiger partial charge in [0.05, 0.1) is 12.8 Å². The van der Waals surface area contributed by atoms with E-state index in [1.165, 1.54) is 11.8 Å². The van der Waals surface area contributed by atoms with Crippen LogP contribution < -0.4 is 5.32 Å². The lowest BCUT2D eigenvalue weighted by atomic mass is 9.96. The molecule has 0 saturated heterocycles. The molecule has 20 heavy (non-hydrogen) atoms. The number of amides is 2. The first kappa shape index (κ1) is 16.1. The first-order chi connectivity index (χ1) is 9.42. The lowest BCUT2D eigenvalue weighted by molar-refractivity contribution is -0.144. The van der Waals surface area contributed by atoms with Crippen molar-refractivity contribution in [3.05, 3.63) is 24.2 Å². The number of furan rings is 1. The van der Waals surface area contributed by atoms with E-state index in [1.54, 1.807) is 18.4 Å². The fourth-order valence-corrected chi connectivity index (χ4v) is 1.96. The summed E-state index contributed by atoms with van der Waals surface area (Å²) in [6.07, 6.45) is 2.60. The molecule has 0 bridgehead atoms. The van der Waals surface area contributed by atoms with Gasteiger partial charge in [-0.3, -0.25) is 0 Å². The summed E-state index contributed by atoms with van der Waals surface area (Å²) in [7, 11) is 0. The predicted molar refractivity (Wildman–Crippen MR) is 74.3 cm³/mol. The normalized spacial score (nSPS) is 13.6. The summed E-state index contributed by atoms with van der Waals surface area (Å²) >= 11 is 0. The second-order valence-electron chi connectivity index (χ2n) is 4.91. The van der Waals surface area contributed by atoms with Crippen molar-refractivity contribution in [3.8, 4) is 0 Å². The van der Waals surface area contributed by atoms with Crippen molar-refractivity contribution in [3.63, 3.8) is 0 Å². The van der Waals surface area contributed by atoms with Crippen LogP contribution in [0.1, 0.15) is 39.4 Å². The Hall–Kier alpha value is -1.98. The highest BCUT2D eigenvalue weighted by atomic mass is 16.4. The maximum absolute atomic E-state index is 12.2. The van der Waals surface area contributed by atoms with Crippen molar-refractivity contribution >= 4 is 12.0 Å². The summed E-state index contributed by atoms with van der Waals surface area (Å²) in [6.45, 7) is 6.03. The monoisotopic (exact) mass is 282 g/mol. The van der Waals surface area contributed by atoms with Gasteiger partial charge in [0.1, 0.15) is 11.3 Å². The molecule has 2 amide bonds. The zero-order chi connectivity index (χ0) is 15.2. The first-order valence-electron chi connectivity index (χ1n) is 6.75. The third-order valence-corrected chi connectivity index (χ3v) is 3.20. The van der Waals surface area contributed by atoms with Gasteiger partial charge in [0.25, 0.3) is 0 Å². The quantitative estimate of drug-likeness (QED) is 0.804. The minimum absolute atomic E-state index is 0.317. The maximum atomic E-state index is 12.2. The van der Waals surface area contributed by atoms with E-state index in [0.29, 0.717) is 31.7 Å². The molecule has 0 aromatic carbocycles. The third kappa shape index (κ3) is 4.01. The van der Waals surface area contributed by atoms with Crippen LogP contribution in [0.25, 0.3) is 0 Å². The Morgan fingerprint density at radius 3 is 2.60 bits per heavy atom. The third-order valence-electron chi connectivity index (χ3n) is 3.20. The van der Waals surface area contributed by atoms with Gasteiger partial charge in [-0.05, 0) is 32.4 Å². The molecule has 1 unspecified atom stereocenters. The number of nitrogens with zero attached hydrogens (tertiary/aromatic N) is 1. The molecule has 1 aromatic rings. The van der Waals surface area contributed by atoms with Crippen LogP contribution in [-0.4, -0.2) is 34.1 Å². The van der Waals surface area contributed by atoms with Crippen molar-refractivity contribution in [2.75, 3.05) is 6.54 Å². The van der Waals surface area contributed by atoms with Crippen molar-refractivity contribution < 1.29 is 19.1 Å². The van der Waals surface area contributed by atoms with E-state index in [-0.39, 0.29) is 0 Å². The molecule has 1 rings (SSSR count). The molecule has 6 heteroatoms. The van der Waals surface area contributed by atoms with Crippen molar-refractivity contribution in [2.24, 2.45) is 0 Å². The molecule has 2 N–H and O–H groups in total. The fourth-order valence-electron chi connectivity index (χ4n) is 1.96. The summed E-state index contributed by atoms with van der Waals surface area (Å²) in [5, 5.41) is 11.9. The molecule has 0 saturated carbocycles. The van der Waals surface area contributed by atoms with Crippen LogP contribution >= 0.6 is 0 Å². The Morgan fingerprint density at radius 1 is 1.45 bits per heavy atom. The van der Waals surface area contributed by atoms with Gasteiger partial charge in [-0.1, -0.05) is 13.3 Å². The Kier molecular flexibility index (Phi) is 5.61. The van der Waals surface area contributed by atoms with Crippen LogP contribution in [0.3, 0.4) is 0 Å². The SMILES string of the molecule is CCCC(C)(NC(=O)N(CC)Cc1ccco1)C(=O)O. The number of rotatable bonds is 7. The number of carbonyl (C=O) groups excluding carboxylic acids is 1. The Balaban J connectivity index is 2.73. The van der Waals surface area contributed by atoms with Crippen molar-refractivity contribution in [1.29, 1.82) is 0 Å².